The lowest BCUT2D eigenvalue weighted by Gasteiger charge is -2.42. The van der Waals surface area contributed by atoms with Gasteiger partial charge in [-0.1, -0.05) is 18.2 Å². The Morgan fingerprint density at radius 1 is 1.17 bits per heavy atom. The zero-order valence-corrected chi connectivity index (χ0v) is 17.4. The number of amides is 1. The minimum atomic E-state index is -0.226. The molecule has 2 heterocycles. The first-order chi connectivity index (χ1) is 13.9. The Balaban J connectivity index is 1.66. The van der Waals surface area contributed by atoms with E-state index < -0.39 is 0 Å². The highest BCUT2D eigenvalue weighted by Crippen LogP contribution is 2.44. The number of hydrogen-bond donors (Lipinski definition) is 0. The van der Waals surface area contributed by atoms with E-state index in [9.17, 15) is 9.18 Å². The number of rotatable bonds is 4. The van der Waals surface area contributed by atoms with Crippen LogP contribution < -0.4 is 9.64 Å². The van der Waals surface area contributed by atoms with Crippen LogP contribution in [0.25, 0.3) is 0 Å². The third kappa shape index (κ3) is 3.59. The third-order valence-corrected chi connectivity index (χ3v) is 6.20. The lowest BCUT2D eigenvalue weighted by Crippen LogP contribution is -2.53. The number of anilines is 1. The van der Waals surface area contributed by atoms with Gasteiger partial charge in [0.2, 0.25) is 0 Å². The summed E-state index contributed by atoms with van der Waals surface area (Å²) in [6.07, 6.45) is 2.80. The molecule has 0 unspecified atom stereocenters. The van der Waals surface area contributed by atoms with Crippen LogP contribution in [0, 0.1) is 5.82 Å². The molecule has 0 saturated carbocycles. The summed E-state index contributed by atoms with van der Waals surface area (Å²) in [7, 11) is 0. The smallest absolute Gasteiger partial charge is 0.257 e. The molecule has 0 spiro atoms. The number of ether oxygens (including phenoxy) is 1. The number of nitrogens with zero attached hydrogens (tertiary/aromatic N) is 2. The van der Waals surface area contributed by atoms with Crippen molar-refractivity contribution in [2.45, 2.75) is 57.7 Å². The van der Waals surface area contributed by atoms with Crippen molar-refractivity contribution >= 4 is 11.6 Å². The van der Waals surface area contributed by atoms with Gasteiger partial charge in [0.25, 0.3) is 5.91 Å². The number of benzene rings is 2. The Morgan fingerprint density at radius 3 is 2.72 bits per heavy atom. The molecule has 2 aliphatic rings. The Morgan fingerprint density at radius 2 is 1.97 bits per heavy atom. The third-order valence-electron chi connectivity index (χ3n) is 6.20. The lowest BCUT2D eigenvalue weighted by atomic mass is 9.93. The highest BCUT2D eigenvalue weighted by Gasteiger charge is 2.50. The number of fused-ring (bicyclic) bond motifs is 1. The van der Waals surface area contributed by atoms with Gasteiger partial charge < -0.3 is 14.5 Å². The van der Waals surface area contributed by atoms with Gasteiger partial charge >= 0.3 is 0 Å². The average Bonchev–Trinajstić information content (AvgIpc) is 2.97. The molecule has 0 aromatic heterocycles. The molecule has 0 bridgehead atoms. The molecule has 2 fully saturated rings. The molecule has 2 aliphatic heterocycles. The van der Waals surface area contributed by atoms with E-state index in [4.69, 9.17) is 4.74 Å². The molecule has 5 heteroatoms. The summed E-state index contributed by atoms with van der Waals surface area (Å²) in [6, 6.07) is 14.6. The first-order valence-electron chi connectivity index (χ1n) is 10.5. The van der Waals surface area contributed by atoms with Crippen molar-refractivity contribution in [2.75, 3.05) is 18.1 Å². The van der Waals surface area contributed by atoms with Crippen LogP contribution >= 0.6 is 0 Å². The molecule has 4 nitrogen and oxygen atoms in total. The summed E-state index contributed by atoms with van der Waals surface area (Å²) in [4.78, 5) is 17.9. The van der Waals surface area contributed by atoms with Crippen LogP contribution in [-0.2, 0) is 0 Å². The van der Waals surface area contributed by atoms with Gasteiger partial charge in [-0.15, -0.1) is 0 Å². The second kappa shape index (κ2) is 7.69. The van der Waals surface area contributed by atoms with Gasteiger partial charge in [0.1, 0.15) is 11.6 Å². The van der Waals surface area contributed by atoms with E-state index in [0.717, 1.165) is 31.5 Å². The van der Waals surface area contributed by atoms with E-state index in [1.54, 1.807) is 12.1 Å². The maximum Gasteiger partial charge on any atom is 0.257 e. The fourth-order valence-corrected chi connectivity index (χ4v) is 5.14. The molecule has 0 radical (unpaired) electrons. The SMILES string of the molecule is CCOc1ccccc1C(=O)N1CCC[C@H]2[C@@H]1CC(C)(C)N2c1cccc(F)c1. The van der Waals surface area contributed by atoms with Gasteiger partial charge in [0.15, 0.2) is 0 Å². The van der Waals surface area contributed by atoms with Crippen LogP contribution in [0.3, 0.4) is 0 Å². The second-order valence-corrected chi connectivity index (χ2v) is 8.57. The lowest BCUT2D eigenvalue weighted by molar-refractivity contribution is 0.0601. The second-order valence-electron chi connectivity index (χ2n) is 8.57. The summed E-state index contributed by atoms with van der Waals surface area (Å²) < 4.78 is 19.6. The van der Waals surface area contributed by atoms with E-state index in [1.807, 2.05) is 42.2 Å². The van der Waals surface area contributed by atoms with Crippen molar-refractivity contribution in [3.05, 3.63) is 59.9 Å². The number of carbonyl (C=O) groups excluding carboxylic acids is 1. The molecule has 1 amide bonds. The highest BCUT2D eigenvalue weighted by atomic mass is 19.1. The first-order valence-corrected chi connectivity index (χ1v) is 10.5. The van der Waals surface area contributed by atoms with Crippen LogP contribution in [0.2, 0.25) is 0 Å². The normalized spacial score (nSPS) is 23.0. The van der Waals surface area contributed by atoms with Crippen molar-refractivity contribution in [3.63, 3.8) is 0 Å². The van der Waals surface area contributed by atoms with Crippen LogP contribution in [0.15, 0.2) is 48.5 Å². The van der Waals surface area contributed by atoms with Crippen LogP contribution in [0.1, 0.15) is 50.4 Å². The molecule has 2 atom stereocenters. The number of hydrogen-bond acceptors (Lipinski definition) is 3. The predicted molar refractivity (Wildman–Crippen MR) is 113 cm³/mol. The van der Waals surface area contributed by atoms with Crippen LogP contribution in [0.5, 0.6) is 5.75 Å². The summed E-state index contributed by atoms with van der Waals surface area (Å²) >= 11 is 0. The fourth-order valence-electron chi connectivity index (χ4n) is 5.14. The summed E-state index contributed by atoms with van der Waals surface area (Å²) in [5, 5.41) is 0. The Hall–Kier alpha value is -2.56. The molecule has 2 saturated heterocycles. The molecule has 4 rings (SSSR count). The minimum absolute atomic E-state index is 0.0284. The van der Waals surface area contributed by atoms with Gasteiger partial charge in [0, 0.05) is 17.8 Å². The Labute approximate surface area is 172 Å². The van der Waals surface area contributed by atoms with Crippen LogP contribution in [-0.4, -0.2) is 41.6 Å². The van der Waals surface area contributed by atoms with Gasteiger partial charge in [-0.3, -0.25) is 4.79 Å². The summed E-state index contributed by atoms with van der Waals surface area (Å²) in [5.74, 6) is 0.443. The topological polar surface area (TPSA) is 32.8 Å². The summed E-state index contributed by atoms with van der Waals surface area (Å²) in [5.41, 5.74) is 1.36. The Kier molecular flexibility index (Phi) is 5.24. The number of para-hydroxylation sites is 1. The molecule has 0 N–H and O–H groups in total. The zero-order valence-electron chi connectivity index (χ0n) is 17.4. The van der Waals surface area contributed by atoms with Gasteiger partial charge in [-0.25, -0.2) is 4.39 Å². The van der Waals surface area contributed by atoms with Crippen molar-refractivity contribution < 1.29 is 13.9 Å². The van der Waals surface area contributed by atoms with E-state index in [1.165, 1.54) is 6.07 Å². The molecule has 2 aromatic carbocycles. The average molecular weight is 397 g/mol. The van der Waals surface area contributed by atoms with E-state index in [2.05, 4.69) is 18.7 Å². The van der Waals surface area contributed by atoms with Crippen molar-refractivity contribution in [3.8, 4) is 5.75 Å². The number of piperidine rings is 1. The minimum Gasteiger partial charge on any atom is -0.493 e. The predicted octanol–water partition coefficient (Wildman–Crippen LogP) is 4.89. The van der Waals surface area contributed by atoms with Crippen molar-refractivity contribution in [1.29, 1.82) is 0 Å². The summed E-state index contributed by atoms with van der Waals surface area (Å²) in [6.45, 7) is 7.57. The van der Waals surface area contributed by atoms with Gasteiger partial charge in [-0.05, 0) is 70.4 Å². The molecule has 29 heavy (non-hydrogen) atoms. The maximum absolute atomic E-state index is 13.9. The number of carbonyl (C=O) groups is 1. The van der Waals surface area contributed by atoms with Crippen LogP contribution in [0.4, 0.5) is 10.1 Å². The first kappa shape index (κ1) is 19.7. The molecule has 2 aromatic rings. The van der Waals surface area contributed by atoms with Crippen molar-refractivity contribution in [2.24, 2.45) is 0 Å². The molecular weight excluding hydrogens is 367 g/mol. The highest BCUT2D eigenvalue weighted by molar-refractivity contribution is 5.97. The van der Waals surface area contributed by atoms with E-state index in [-0.39, 0.29) is 29.3 Å². The monoisotopic (exact) mass is 396 g/mol. The largest absolute Gasteiger partial charge is 0.493 e. The molecule has 0 aliphatic carbocycles. The van der Waals surface area contributed by atoms with E-state index in [0.29, 0.717) is 17.9 Å². The maximum atomic E-state index is 13.9. The van der Waals surface area contributed by atoms with Crippen molar-refractivity contribution in [1.82, 2.24) is 4.90 Å². The molecular formula is C24H29FN2O2. The van der Waals surface area contributed by atoms with Gasteiger partial charge in [-0.2, -0.15) is 0 Å². The van der Waals surface area contributed by atoms with E-state index >= 15 is 0 Å². The van der Waals surface area contributed by atoms with Gasteiger partial charge in [0.05, 0.1) is 24.3 Å². The fraction of sp³-hybridized carbons (Fsp3) is 0.458. The Bertz CT molecular complexity index is 898. The molecule has 154 valence electrons. The number of halogens is 1. The number of likely N-dealkylation sites (tertiary alicyclic amines) is 1. The quantitative estimate of drug-likeness (QED) is 0.738. The zero-order chi connectivity index (χ0) is 20.6. The standard InChI is InChI=1S/C24H29FN2O2/c1-4-29-22-13-6-5-11-19(22)23(28)26-14-8-12-20-21(26)16-24(2,3)27(20)18-10-7-9-17(25)15-18/h5-7,9-11,13,15,20-21H,4,8,12,14,16H2,1-3H3/t20-,21-/m0/s1.